The summed E-state index contributed by atoms with van der Waals surface area (Å²) in [6.07, 6.45) is 0. The highest BCUT2D eigenvalue weighted by molar-refractivity contribution is 7.89. The molecule has 132 valence electrons. The molecule has 0 radical (unpaired) electrons. The molecule has 0 atom stereocenters. The van der Waals surface area contributed by atoms with Gasteiger partial charge in [-0.3, -0.25) is 4.79 Å². The summed E-state index contributed by atoms with van der Waals surface area (Å²) < 4.78 is 30.5. The van der Waals surface area contributed by atoms with Crippen molar-refractivity contribution < 1.29 is 22.7 Å². The highest BCUT2D eigenvalue weighted by atomic mass is 35.5. The van der Waals surface area contributed by atoms with E-state index in [0.29, 0.717) is 10.7 Å². The summed E-state index contributed by atoms with van der Waals surface area (Å²) in [6, 6.07) is 11.9. The number of amides is 1. The van der Waals surface area contributed by atoms with Gasteiger partial charge < -0.3 is 10.1 Å². The second kappa shape index (κ2) is 8.11. The van der Waals surface area contributed by atoms with Crippen molar-refractivity contribution in [2.75, 3.05) is 19.0 Å². The lowest BCUT2D eigenvalue weighted by Gasteiger charge is -2.08. The topological polar surface area (TPSA) is 102 Å². The summed E-state index contributed by atoms with van der Waals surface area (Å²) >= 11 is 5.92. The van der Waals surface area contributed by atoms with E-state index in [2.05, 4.69) is 10.0 Å². The number of hydrogen-bond donors (Lipinski definition) is 2. The number of anilines is 1. The molecule has 2 rings (SSSR count). The Labute approximate surface area is 150 Å². The normalized spacial score (nSPS) is 11.0. The number of benzene rings is 2. The summed E-state index contributed by atoms with van der Waals surface area (Å²) in [5.41, 5.74) is 0.411. The van der Waals surface area contributed by atoms with Gasteiger partial charge in [-0.05, 0) is 37.4 Å². The number of rotatable bonds is 6. The molecule has 2 aromatic rings. The van der Waals surface area contributed by atoms with Crippen molar-refractivity contribution in [1.82, 2.24) is 4.72 Å². The zero-order valence-electron chi connectivity index (χ0n) is 13.2. The molecule has 7 nitrogen and oxygen atoms in total. The summed E-state index contributed by atoms with van der Waals surface area (Å²) in [6.45, 7) is -0.535. The maximum Gasteiger partial charge on any atom is 0.338 e. The van der Waals surface area contributed by atoms with E-state index >= 15 is 0 Å². The fraction of sp³-hybridized carbons (Fsp3) is 0.125. The Balaban J connectivity index is 2.00. The van der Waals surface area contributed by atoms with Crippen molar-refractivity contribution in [3.05, 3.63) is 59.1 Å². The van der Waals surface area contributed by atoms with Crippen LogP contribution in [0.5, 0.6) is 0 Å². The third-order valence-electron chi connectivity index (χ3n) is 3.13. The standard InChI is InChI=1S/C16H15ClN2O5S/c1-18-25(22,23)12-6-4-5-11(9-12)16(21)24-10-15(20)19-14-8-3-2-7-13(14)17/h2-9,18H,10H2,1H3,(H,19,20). The van der Waals surface area contributed by atoms with Gasteiger partial charge in [0.1, 0.15) is 0 Å². The van der Waals surface area contributed by atoms with E-state index < -0.39 is 28.5 Å². The molecule has 2 N–H and O–H groups in total. The van der Waals surface area contributed by atoms with Gasteiger partial charge in [0.15, 0.2) is 6.61 Å². The molecule has 0 fully saturated rings. The first-order valence-corrected chi connectivity index (χ1v) is 8.95. The summed E-state index contributed by atoms with van der Waals surface area (Å²) in [5, 5.41) is 2.86. The first kappa shape index (κ1) is 18.9. The molecule has 9 heteroatoms. The molecule has 0 spiro atoms. The molecule has 2 aromatic carbocycles. The van der Waals surface area contributed by atoms with E-state index in [1.807, 2.05) is 0 Å². The van der Waals surface area contributed by atoms with Gasteiger partial charge >= 0.3 is 5.97 Å². The van der Waals surface area contributed by atoms with Gasteiger partial charge in [0.2, 0.25) is 10.0 Å². The van der Waals surface area contributed by atoms with Crippen molar-refractivity contribution in [2.45, 2.75) is 4.90 Å². The second-order valence-corrected chi connectivity index (χ2v) is 7.13. The van der Waals surface area contributed by atoms with Crippen LogP contribution in [0.3, 0.4) is 0 Å². The molecule has 0 aromatic heterocycles. The van der Waals surface area contributed by atoms with Gasteiger partial charge in [0.05, 0.1) is 21.2 Å². The maximum absolute atomic E-state index is 12.0. The van der Waals surface area contributed by atoms with Gasteiger partial charge in [-0.1, -0.05) is 29.8 Å². The van der Waals surface area contributed by atoms with E-state index in [4.69, 9.17) is 16.3 Å². The second-order valence-electron chi connectivity index (χ2n) is 4.84. The third kappa shape index (κ3) is 5.02. The molecule has 0 aliphatic carbocycles. The van der Waals surface area contributed by atoms with E-state index in [9.17, 15) is 18.0 Å². The first-order chi connectivity index (χ1) is 11.8. The Morgan fingerprint density at radius 3 is 2.52 bits per heavy atom. The van der Waals surface area contributed by atoms with Crippen molar-refractivity contribution in [2.24, 2.45) is 0 Å². The number of esters is 1. The van der Waals surface area contributed by atoms with Crippen LogP contribution < -0.4 is 10.0 Å². The summed E-state index contributed by atoms with van der Waals surface area (Å²) in [5.74, 6) is -1.39. The molecule has 0 saturated carbocycles. The average Bonchev–Trinajstić information content (AvgIpc) is 2.61. The zero-order chi connectivity index (χ0) is 18.4. The lowest BCUT2D eigenvalue weighted by Crippen LogP contribution is -2.22. The molecular formula is C16H15ClN2O5S. The van der Waals surface area contributed by atoms with E-state index in [1.54, 1.807) is 24.3 Å². The van der Waals surface area contributed by atoms with E-state index in [-0.39, 0.29) is 10.5 Å². The number of carbonyl (C=O) groups is 2. The Kier molecular flexibility index (Phi) is 6.13. The number of ether oxygens (including phenoxy) is 1. The van der Waals surface area contributed by atoms with E-state index in [1.165, 1.54) is 31.3 Å². The number of sulfonamides is 1. The van der Waals surface area contributed by atoms with Crippen LogP contribution in [-0.2, 0) is 19.6 Å². The number of nitrogens with one attached hydrogen (secondary N) is 2. The van der Waals surface area contributed by atoms with Crippen molar-refractivity contribution in [1.29, 1.82) is 0 Å². The summed E-state index contributed by atoms with van der Waals surface area (Å²) in [7, 11) is -2.42. The Morgan fingerprint density at radius 2 is 1.84 bits per heavy atom. The van der Waals surface area contributed by atoms with Gasteiger partial charge in [-0.15, -0.1) is 0 Å². The first-order valence-electron chi connectivity index (χ1n) is 7.08. The SMILES string of the molecule is CNS(=O)(=O)c1cccc(C(=O)OCC(=O)Nc2ccccc2Cl)c1. The van der Waals surface area contributed by atoms with Gasteiger partial charge in [0, 0.05) is 0 Å². The minimum Gasteiger partial charge on any atom is -0.452 e. The van der Waals surface area contributed by atoms with Crippen LogP contribution in [0.1, 0.15) is 10.4 Å². The smallest absolute Gasteiger partial charge is 0.338 e. The van der Waals surface area contributed by atoms with Crippen LogP contribution in [0.25, 0.3) is 0 Å². The van der Waals surface area contributed by atoms with Crippen molar-refractivity contribution >= 4 is 39.2 Å². The Bertz CT molecular complexity index is 899. The average molecular weight is 383 g/mol. The molecule has 0 aliphatic heterocycles. The molecule has 0 heterocycles. The fourth-order valence-electron chi connectivity index (χ4n) is 1.87. The van der Waals surface area contributed by atoms with Gasteiger partial charge in [-0.25, -0.2) is 17.9 Å². The number of halogens is 1. The summed E-state index contributed by atoms with van der Waals surface area (Å²) in [4.78, 5) is 23.7. The van der Waals surface area contributed by atoms with Crippen molar-refractivity contribution in [3.63, 3.8) is 0 Å². The predicted octanol–water partition coefficient (Wildman–Crippen LogP) is 2.04. The Morgan fingerprint density at radius 1 is 1.12 bits per heavy atom. The predicted molar refractivity (Wildman–Crippen MR) is 93.1 cm³/mol. The molecule has 0 bridgehead atoms. The van der Waals surface area contributed by atoms with Crippen molar-refractivity contribution in [3.8, 4) is 0 Å². The lowest BCUT2D eigenvalue weighted by molar-refractivity contribution is -0.119. The maximum atomic E-state index is 12.0. The molecular weight excluding hydrogens is 368 g/mol. The highest BCUT2D eigenvalue weighted by Gasteiger charge is 2.16. The molecule has 0 saturated heterocycles. The van der Waals surface area contributed by atoms with Crippen LogP contribution in [0, 0.1) is 0 Å². The van der Waals surface area contributed by atoms with Gasteiger partial charge in [0.25, 0.3) is 5.91 Å². The third-order valence-corrected chi connectivity index (χ3v) is 4.87. The monoisotopic (exact) mass is 382 g/mol. The molecule has 0 unspecified atom stereocenters. The molecule has 1 amide bonds. The minimum absolute atomic E-state index is 0.0156. The van der Waals surface area contributed by atoms with E-state index in [0.717, 1.165) is 0 Å². The molecule has 25 heavy (non-hydrogen) atoms. The van der Waals surface area contributed by atoms with Crippen LogP contribution in [0.15, 0.2) is 53.4 Å². The Hall–Kier alpha value is -2.42. The zero-order valence-corrected chi connectivity index (χ0v) is 14.7. The van der Waals surface area contributed by atoms with Crippen LogP contribution in [0.4, 0.5) is 5.69 Å². The largest absolute Gasteiger partial charge is 0.452 e. The fourth-order valence-corrected chi connectivity index (χ4v) is 2.83. The number of para-hydroxylation sites is 1. The highest BCUT2D eigenvalue weighted by Crippen LogP contribution is 2.20. The lowest BCUT2D eigenvalue weighted by atomic mass is 10.2. The number of carbonyl (C=O) groups excluding carboxylic acids is 2. The van der Waals surface area contributed by atoms with Crippen LogP contribution in [-0.4, -0.2) is 33.9 Å². The van der Waals surface area contributed by atoms with Crippen LogP contribution in [0.2, 0.25) is 5.02 Å². The molecule has 0 aliphatic rings. The minimum atomic E-state index is -3.68. The van der Waals surface area contributed by atoms with Gasteiger partial charge in [-0.2, -0.15) is 0 Å². The van der Waals surface area contributed by atoms with Crippen LogP contribution >= 0.6 is 11.6 Å². The quantitative estimate of drug-likeness (QED) is 0.744. The number of hydrogen-bond acceptors (Lipinski definition) is 5.